The van der Waals surface area contributed by atoms with Crippen LogP contribution >= 0.6 is 31.9 Å². The molecule has 0 aliphatic heterocycles. The third-order valence-corrected chi connectivity index (χ3v) is 4.63. The number of rotatable bonds is 3. The Morgan fingerprint density at radius 1 is 1.10 bits per heavy atom. The molecular formula is C14H11Br2NO3. The number of hydrogen-bond acceptors (Lipinski definition) is 3. The van der Waals surface area contributed by atoms with Crippen molar-refractivity contribution in [2.45, 2.75) is 13.8 Å². The van der Waals surface area contributed by atoms with Crippen molar-refractivity contribution in [3.8, 4) is 11.5 Å². The Kier molecular flexibility index (Phi) is 4.45. The molecule has 104 valence electrons. The third-order valence-electron chi connectivity index (χ3n) is 2.76. The molecule has 0 bridgehead atoms. The smallest absolute Gasteiger partial charge is 0.270 e. The monoisotopic (exact) mass is 399 g/mol. The lowest BCUT2D eigenvalue weighted by Crippen LogP contribution is -1.91. The summed E-state index contributed by atoms with van der Waals surface area (Å²) >= 11 is 6.78. The van der Waals surface area contributed by atoms with E-state index in [2.05, 4.69) is 31.9 Å². The van der Waals surface area contributed by atoms with Crippen LogP contribution in [0.3, 0.4) is 0 Å². The summed E-state index contributed by atoms with van der Waals surface area (Å²) in [5.74, 6) is 1.23. The number of nitro benzene ring substituents is 1. The van der Waals surface area contributed by atoms with Gasteiger partial charge < -0.3 is 4.74 Å². The molecular weight excluding hydrogens is 390 g/mol. The Hall–Kier alpha value is -1.40. The summed E-state index contributed by atoms with van der Waals surface area (Å²) in [4.78, 5) is 10.2. The van der Waals surface area contributed by atoms with E-state index in [-0.39, 0.29) is 5.69 Å². The number of ether oxygens (including phenoxy) is 1. The van der Waals surface area contributed by atoms with Crippen LogP contribution in [-0.4, -0.2) is 4.92 Å². The fraction of sp³-hybridized carbons (Fsp3) is 0.143. The van der Waals surface area contributed by atoms with Crippen LogP contribution in [0.1, 0.15) is 11.1 Å². The molecule has 0 heterocycles. The first-order chi connectivity index (χ1) is 9.38. The SMILES string of the molecule is Cc1cc(Oc2ccc([N+](=O)[O-])cc2Br)cc(C)c1Br. The van der Waals surface area contributed by atoms with Gasteiger partial charge in [0, 0.05) is 16.6 Å². The van der Waals surface area contributed by atoms with E-state index in [9.17, 15) is 10.1 Å². The van der Waals surface area contributed by atoms with E-state index < -0.39 is 4.92 Å². The van der Waals surface area contributed by atoms with E-state index in [4.69, 9.17) is 4.74 Å². The second-order valence-electron chi connectivity index (χ2n) is 4.34. The van der Waals surface area contributed by atoms with Gasteiger partial charge in [-0.25, -0.2) is 0 Å². The summed E-state index contributed by atoms with van der Waals surface area (Å²) in [5.41, 5.74) is 2.16. The third kappa shape index (κ3) is 3.19. The summed E-state index contributed by atoms with van der Waals surface area (Å²) in [5, 5.41) is 10.7. The van der Waals surface area contributed by atoms with Gasteiger partial charge in [0.25, 0.3) is 5.69 Å². The Bertz CT molecular complexity index is 663. The molecule has 0 fully saturated rings. The molecule has 0 unspecified atom stereocenters. The zero-order valence-corrected chi connectivity index (χ0v) is 14.0. The summed E-state index contributed by atoms with van der Waals surface area (Å²) in [6, 6.07) is 8.23. The first-order valence-corrected chi connectivity index (χ1v) is 7.35. The van der Waals surface area contributed by atoms with Crippen LogP contribution in [0, 0.1) is 24.0 Å². The van der Waals surface area contributed by atoms with Gasteiger partial charge in [-0.05, 0) is 59.1 Å². The molecule has 0 N–H and O–H groups in total. The average Bonchev–Trinajstić information content (AvgIpc) is 2.38. The van der Waals surface area contributed by atoms with Crippen molar-refractivity contribution < 1.29 is 9.66 Å². The van der Waals surface area contributed by atoms with Gasteiger partial charge in [0.1, 0.15) is 11.5 Å². The van der Waals surface area contributed by atoms with Crippen molar-refractivity contribution in [2.75, 3.05) is 0 Å². The predicted octanol–water partition coefficient (Wildman–Crippen LogP) is 5.53. The van der Waals surface area contributed by atoms with Crippen molar-refractivity contribution in [2.24, 2.45) is 0 Å². The molecule has 0 atom stereocenters. The molecule has 0 saturated heterocycles. The zero-order chi connectivity index (χ0) is 14.9. The Balaban J connectivity index is 2.33. The molecule has 2 rings (SSSR count). The molecule has 2 aromatic rings. The van der Waals surface area contributed by atoms with Gasteiger partial charge >= 0.3 is 0 Å². The van der Waals surface area contributed by atoms with E-state index in [0.717, 1.165) is 15.6 Å². The van der Waals surface area contributed by atoms with E-state index in [1.54, 1.807) is 6.07 Å². The van der Waals surface area contributed by atoms with Crippen molar-refractivity contribution >= 4 is 37.5 Å². The zero-order valence-electron chi connectivity index (χ0n) is 10.8. The van der Waals surface area contributed by atoms with Crippen LogP contribution in [0.15, 0.2) is 39.3 Å². The van der Waals surface area contributed by atoms with Gasteiger partial charge in [-0.1, -0.05) is 15.9 Å². The first kappa shape index (κ1) is 15.0. The number of nitrogens with zero attached hydrogens (tertiary/aromatic N) is 1. The summed E-state index contributed by atoms with van der Waals surface area (Å²) in [6.07, 6.45) is 0. The Morgan fingerprint density at radius 2 is 1.70 bits per heavy atom. The fourth-order valence-electron chi connectivity index (χ4n) is 1.78. The summed E-state index contributed by atoms with van der Waals surface area (Å²) in [7, 11) is 0. The van der Waals surface area contributed by atoms with E-state index in [0.29, 0.717) is 16.0 Å². The maximum absolute atomic E-state index is 10.7. The number of aryl methyl sites for hydroxylation is 2. The number of non-ortho nitro benzene ring substituents is 1. The molecule has 0 aliphatic carbocycles. The number of benzene rings is 2. The van der Waals surface area contributed by atoms with Crippen molar-refractivity contribution in [3.05, 3.63) is 60.5 Å². The van der Waals surface area contributed by atoms with Crippen molar-refractivity contribution in [1.82, 2.24) is 0 Å². The standard InChI is InChI=1S/C14H11Br2NO3/c1-8-5-11(6-9(2)14(8)16)20-13-4-3-10(17(18)19)7-12(13)15/h3-7H,1-2H3. The Morgan fingerprint density at radius 3 is 2.20 bits per heavy atom. The highest BCUT2D eigenvalue weighted by molar-refractivity contribution is 9.10. The number of halogens is 2. The minimum absolute atomic E-state index is 0.0207. The first-order valence-electron chi connectivity index (χ1n) is 5.77. The molecule has 0 spiro atoms. The minimum atomic E-state index is -0.442. The normalized spacial score (nSPS) is 10.4. The van der Waals surface area contributed by atoms with Crippen LogP contribution < -0.4 is 4.74 Å². The predicted molar refractivity (Wildman–Crippen MR) is 84.5 cm³/mol. The average molecular weight is 401 g/mol. The van der Waals surface area contributed by atoms with Crippen LogP contribution in [0.2, 0.25) is 0 Å². The van der Waals surface area contributed by atoms with Gasteiger partial charge in [0.15, 0.2) is 0 Å². The lowest BCUT2D eigenvalue weighted by Gasteiger charge is -2.11. The highest BCUT2D eigenvalue weighted by Gasteiger charge is 2.11. The van der Waals surface area contributed by atoms with Gasteiger partial charge in [-0.2, -0.15) is 0 Å². The van der Waals surface area contributed by atoms with E-state index >= 15 is 0 Å². The molecule has 4 nitrogen and oxygen atoms in total. The van der Waals surface area contributed by atoms with Crippen LogP contribution in [0.4, 0.5) is 5.69 Å². The molecule has 2 aromatic carbocycles. The molecule has 0 amide bonds. The summed E-state index contributed by atoms with van der Waals surface area (Å²) in [6.45, 7) is 3.96. The minimum Gasteiger partial charge on any atom is -0.456 e. The highest BCUT2D eigenvalue weighted by atomic mass is 79.9. The van der Waals surface area contributed by atoms with E-state index in [1.807, 2.05) is 26.0 Å². The summed E-state index contributed by atoms with van der Waals surface area (Å²) < 4.78 is 7.37. The lowest BCUT2D eigenvalue weighted by atomic mass is 10.1. The van der Waals surface area contributed by atoms with Crippen molar-refractivity contribution in [1.29, 1.82) is 0 Å². The van der Waals surface area contributed by atoms with Gasteiger partial charge in [0.05, 0.1) is 9.40 Å². The maximum atomic E-state index is 10.7. The van der Waals surface area contributed by atoms with E-state index in [1.165, 1.54) is 12.1 Å². The Labute approximate surface area is 133 Å². The lowest BCUT2D eigenvalue weighted by molar-refractivity contribution is -0.384. The van der Waals surface area contributed by atoms with Crippen LogP contribution in [-0.2, 0) is 0 Å². The van der Waals surface area contributed by atoms with Crippen molar-refractivity contribution in [3.63, 3.8) is 0 Å². The fourth-order valence-corrected chi connectivity index (χ4v) is 2.45. The number of hydrogen-bond donors (Lipinski definition) is 0. The topological polar surface area (TPSA) is 52.4 Å². The van der Waals surface area contributed by atoms with Gasteiger partial charge in [0.2, 0.25) is 0 Å². The second kappa shape index (κ2) is 5.93. The molecule has 6 heteroatoms. The molecule has 0 aromatic heterocycles. The largest absolute Gasteiger partial charge is 0.456 e. The molecule has 0 radical (unpaired) electrons. The van der Waals surface area contributed by atoms with Gasteiger partial charge in [-0.3, -0.25) is 10.1 Å². The second-order valence-corrected chi connectivity index (χ2v) is 5.99. The number of nitro groups is 1. The quantitative estimate of drug-likeness (QED) is 0.502. The molecule has 0 aliphatic rings. The van der Waals surface area contributed by atoms with Crippen LogP contribution in [0.25, 0.3) is 0 Å². The van der Waals surface area contributed by atoms with Crippen LogP contribution in [0.5, 0.6) is 11.5 Å². The molecule has 0 saturated carbocycles. The molecule has 20 heavy (non-hydrogen) atoms. The van der Waals surface area contributed by atoms with Gasteiger partial charge in [-0.15, -0.1) is 0 Å². The maximum Gasteiger partial charge on any atom is 0.270 e. The highest BCUT2D eigenvalue weighted by Crippen LogP contribution is 2.34.